The average Bonchev–Trinajstić information content (AvgIpc) is 2.47. The van der Waals surface area contributed by atoms with Crippen LogP contribution >= 0.6 is 0 Å². The number of aromatic carboxylic acids is 1. The van der Waals surface area contributed by atoms with Gasteiger partial charge in [-0.15, -0.1) is 0 Å². The van der Waals surface area contributed by atoms with E-state index in [0.29, 0.717) is 6.42 Å². The number of nitrogens with zero attached hydrogens (tertiary/aromatic N) is 1. The monoisotopic (exact) mass is 290 g/mol. The van der Waals surface area contributed by atoms with Crippen LogP contribution in [0.3, 0.4) is 0 Å². The van der Waals surface area contributed by atoms with Crippen molar-refractivity contribution in [3.05, 3.63) is 62.7 Å². The van der Waals surface area contributed by atoms with Crippen molar-refractivity contribution in [2.45, 2.75) is 13.0 Å². The fourth-order valence-electron chi connectivity index (χ4n) is 1.80. The Morgan fingerprint density at radius 1 is 1.19 bits per heavy atom. The number of rotatable bonds is 6. The van der Waals surface area contributed by atoms with E-state index in [9.17, 15) is 14.4 Å². The zero-order valence-corrected chi connectivity index (χ0v) is 11.1. The summed E-state index contributed by atoms with van der Waals surface area (Å²) in [6.45, 7) is 0.512. The number of hydrogen-bond acceptors (Lipinski definition) is 4. The molecular formula is C14H14N2O5. The van der Waals surface area contributed by atoms with Crippen LogP contribution in [0.2, 0.25) is 0 Å². The number of hydrogen-bond donors (Lipinski definition) is 2. The normalized spacial score (nSPS) is 10.3. The van der Waals surface area contributed by atoms with Crippen molar-refractivity contribution in [2.75, 3.05) is 6.61 Å². The molecule has 110 valence electrons. The number of carboxylic acids is 1. The van der Waals surface area contributed by atoms with Gasteiger partial charge in [-0.05, 0) is 12.1 Å². The molecule has 2 rings (SSSR count). The predicted octanol–water partition coefficient (Wildman–Crippen LogP) is 0.704. The SMILES string of the molecule is O=C(O)c1ccccc1OCCCn1[nH]c(=O)ccc1=O. The number of nitrogens with one attached hydrogen (secondary N) is 1. The molecule has 2 N–H and O–H groups in total. The van der Waals surface area contributed by atoms with E-state index in [2.05, 4.69) is 5.10 Å². The molecule has 0 spiro atoms. The molecule has 0 bridgehead atoms. The minimum Gasteiger partial charge on any atom is -0.493 e. The van der Waals surface area contributed by atoms with E-state index in [0.717, 1.165) is 0 Å². The summed E-state index contributed by atoms with van der Waals surface area (Å²) in [5.41, 5.74) is -0.574. The van der Waals surface area contributed by atoms with Crippen molar-refractivity contribution in [3.63, 3.8) is 0 Å². The third kappa shape index (κ3) is 3.82. The van der Waals surface area contributed by atoms with Gasteiger partial charge in [0.15, 0.2) is 0 Å². The van der Waals surface area contributed by atoms with Crippen LogP contribution < -0.4 is 15.9 Å². The maximum atomic E-state index is 11.5. The van der Waals surface area contributed by atoms with Gasteiger partial charge in [0.25, 0.3) is 11.1 Å². The first-order valence-electron chi connectivity index (χ1n) is 6.33. The summed E-state index contributed by atoms with van der Waals surface area (Å²) in [7, 11) is 0. The second-order valence-corrected chi connectivity index (χ2v) is 4.30. The molecule has 0 fully saturated rings. The Labute approximate surface area is 119 Å². The van der Waals surface area contributed by atoms with Gasteiger partial charge in [0, 0.05) is 25.1 Å². The van der Waals surface area contributed by atoms with E-state index in [1.165, 1.54) is 22.9 Å². The lowest BCUT2D eigenvalue weighted by molar-refractivity contribution is 0.0692. The zero-order chi connectivity index (χ0) is 15.2. The van der Waals surface area contributed by atoms with Gasteiger partial charge >= 0.3 is 5.97 Å². The molecule has 0 unspecified atom stereocenters. The lowest BCUT2D eigenvalue weighted by Gasteiger charge is -2.09. The Morgan fingerprint density at radius 3 is 2.71 bits per heavy atom. The number of para-hydroxylation sites is 1. The molecule has 0 aliphatic carbocycles. The summed E-state index contributed by atoms with van der Waals surface area (Å²) < 4.78 is 6.59. The largest absolute Gasteiger partial charge is 0.493 e. The van der Waals surface area contributed by atoms with Crippen LogP contribution in [0.1, 0.15) is 16.8 Å². The number of H-pyrrole nitrogens is 1. The van der Waals surface area contributed by atoms with E-state index in [-0.39, 0.29) is 35.6 Å². The molecule has 7 nitrogen and oxygen atoms in total. The second-order valence-electron chi connectivity index (χ2n) is 4.30. The highest BCUT2D eigenvalue weighted by atomic mass is 16.5. The van der Waals surface area contributed by atoms with Crippen molar-refractivity contribution in [1.29, 1.82) is 0 Å². The van der Waals surface area contributed by atoms with Gasteiger partial charge in [-0.3, -0.25) is 19.4 Å². The van der Waals surface area contributed by atoms with Gasteiger partial charge in [0.1, 0.15) is 11.3 Å². The van der Waals surface area contributed by atoms with Gasteiger partial charge in [-0.1, -0.05) is 12.1 Å². The topological polar surface area (TPSA) is 101 Å². The van der Waals surface area contributed by atoms with E-state index < -0.39 is 5.97 Å². The highest BCUT2D eigenvalue weighted by molar-refractivity contribution is 5.90. The molecule has 0 aliphatic heterocycles. The predicted molar refractivity (Wildman–Crippen MR) is 74.8 cm³/mol. The number of benzene rings is 1. The minimum absolute atomic E-state index is 0.0859. The Bertz CT molecular complexity index is 747. The number of ether oxygens (including phenoxy) is 1. The number of carboxylic acid groups (broad SMARTS) is 1. The van der Waals surface area contributed by atoms with Crippen molar-refractivity contribution in [1.82, 2.24) is 9.78 Å². The number of aromatic nitrogens is 2. The molecule has 1 aromatic heterocycles. The molecule has 1 heterocycles. The summed E-state index contributed by atoms with van der Waals surface area (Å²) in [5, 5.41) is 11.4. The standard InChI is InChI=1S/C14H14N2O5/c17-12-6-7-13(18)16(15-12)8-3-9-21-11-5-2-1-4-10(11)14(19)20/h1-2,4-7H,3,8-9H2,(H,15,17)(H,19,20). The van der Waals surface area contributed by atoms with Crippen LogP contribution in [0.15, 0.2) is 46.0 Å². The molecule has 0 saturated heterocycles. The smallest absolute Gasteiger partial charge is 0.339 e. The summed E-state index contributed by atoms with van der Waals surface area (Å²) in [5.74, 6) is -0.784. The molecule has 0 amide bonds. The average molecular weight is 290 g/mol. The third-order valence-corrected chi connectivity index (χ3v) is 2.79. The Morgan fingerprint density at radius 2 is 1.95 bits per heavy atom. The van der Waals surface area contributed by atoms with Crippen molar-refractivity contribution in [2.24, 2.45) is 0 Å². The van der Waals surface area contributed by atoms with E-state index in [4.69, 9.17) is 9.84 Å². The molecule has 0 saturated carbocycles. The summed E-state index contributed by atoms with van der Waals surface area (Å²) in [6.07, 6.45) is 0.452. The maximum absolute atomic E-state index is 11.5. The summed E-state index contributed by atoms with van der Waals surface area (Å²) in [6, 6.07) is 8.68. The van der Waals surface area contributed by atoms with Crippen LogP contribution in [0, 0.1) is 0 Å². The van der Waals surface area contributed by atoms with E-state index in [1.807, 2.05) is 0 Å². The number of carbonyl (C=O) groups is 1. The Balaban J connectivity index is 1.94. The first-order valence-corrected chi connectivity index (χ1v) is 6.33. The maximum Gasteiger partial charge on any atom is 0.339 e. The van der Waals surface area contributed by atoms with Crippen molar-refractivity contribution >= 4 is 5.97 Å². The lowest BCUT2D eigenvalue weighted by Crippen LogP contribution is -2.28. The van der Waals surface area contributed by atoms with Gasteiger partial charge in [-0.25, -0.2) is 4.79 Å². The molecule has 1 aromatic carbocycles. The Kier molecular flexibility index (Phi) is 4.55. The van der Waals surface area contributed by atoms with E-state index >= 15 is 0 Å². The van der Waals surface area contributed by atoms with Crippen LogP contribution in [-0.2, 0) is 6.54 Å². The van der Waals surface area contributed by atoms with Gasteiger partial charge in [0.2, 0.25) is 0 Å². The molecule has 21 heavy (non-hydrogen) atoms. The highest BCUT2D eigenvalue weighted by Gasteiger charge is 2.09. The fourth-order valence-corrected chi connectivity index (χ4v) is 1.80. The van der Waals surface area contributed by atoms with Gasteiger partial charge < -0.3 is 9.84 Å². The molecule has 7 heteroatoms. The number of aromatic amines is 1. The molecule has 0 aliphatic rings. The highest BCUT2D eigenvalue weighted by Crippen LogP contribution is 2.17. The summed E-state index contributed by atoms with van der Waals surface area (Å²) >= 11 is 0. The first-order chi connectivity index (χ1) is 10.1. The van der Waals surface area contributed by atoms with Crippen LogP contribution in [-0.4, -0.2) is 27.5 Å². The summed E-state index contributed by atoms with van der Waals surface area (Å²) in [4.78, 5) is 33.6. The van der Waals surface area contributed by atoms with Gasteiger partial charge in [-0.2, -0.15) is 0 Å². The van der Waals surface area contributed by atoms with Crippen molar-refractivity contribution < 1.29 is 14.6 Å². The zero-order valence-electron chi connectivity index (χ0n) is 11.1. The second kappa shape index (κ2) is 6.56. The lowest BCUT2D eigenvalue weighted by atomic mass is 10.2. The molecule has 2 aromatic rings. The first kappa shape index (κ1) is 14.6. The van der Waals surface area contributed by atoms with E-state index in [1.54, 1.807) is 18.2 Å². The van der Waals surface area contributed by atoms with Gasteiger partial charge in [0.05, 0.1) is 6.61 Å². The van der Waals surface area contributed by atoms with Crippen molar-refractivity contribution in [3.8, 4) is 5.75 Å². The molecule has 0 atom stereocenters. The molecular weight excluding hydrogens is 276 g/mol. The van der Waals surface area contributed by atoms with Crippen LogP contribution in [0.5, 0.6) is 5.75 Å². The van der Waals surface area contributed by atoms with Crippen LogP contribution in [0.4, 0.5) is 0 Å². The fraction of sp³-hybridized carbons (Fsp3) is 0.214. The van der Waals surface area contributed by atoms with Crippen LogP contribution in [0.25, 0.3) is 0 Å². The number of aryl methyl sites for hydroxylation is 1. The molecule has 0 radical (unpaired) electrons. The quantitative estimate of drug-likeness (QED) is 0.763. The minimum atomic E-state index is -1.06. The Hall–Kier alpha value is -2.83. The third-order valence-electron chi connectivity index (χ3n) is 2.79.